The first-order chi connectivity index (χ1) is 22.8. The van der Waals surface area contributed by atoms with Crippen LogP contribution < -0.4 is 0 Å². The number of rotatable bonds is 4. The monoisotopic (exact) mass is 585 g/mol. The highest BCUT2D eigenvalue weighted by Gasteiger charge is 2.22. The van der Waals surface area contributed by atoms with Gasteiger partial charge < -0.3 is 9.13 Å². The van der Waals surface area contributed by atoms with Gasteiger partial charge in [0.25, 0.3) is 0 Å². The fourth-order valence-electron chi connectivity index (χ4n) is 7.19. The molecule has 0 amide bonds. The summed E-state index contributed by atoms with van der Waals surface area (Å²) in [5.41, 5.74) is 11.8. The molecule has 0 bridgehead atoms. The lowest BCUT2D eigenvalue weighted by Gasteiger charge is -2.15. The van der Waals surface area contributed by atoms with Crippen LogP contribution in [0.4, 0.5) is 0 Å². The van der Waals surface area contributed by atoms with Crippen LogP contribution in [0.3, 0.4) is 0 Å². The number of aromatic nitrogens is 2. The number of hydrogen-bond acceptors (Lipinski definition) is 1. The van der Waals surface area contributed by atoms with Crippen LogP contribution in [0.1, 0.15) is 5.56 Å². The van der Waals surface area contributed by atoms with Crippen molar-refractivity contribution in [3.8, 4) is 39.7 Å². The van der Waals surface area contributed by atoms with Gasteiger partial charge in [0.2, 0.25) is 0 Å². The maximum absolute atomic E-state index is 10.2. The van der Waals surface area contributed by atoms with Crippen LogP contribution in [-0.4, -0.2) is 9.13 Å². The third-order valence-electron chi connectivity index (χ3n) is 9.16. The molecule has 0 saturated heterocycles. The Morgan fingerprint density at radius 2 is 1.00 bits per heavy atom. The van der Waals surface area contributed by atoms with E-state index in [9.17, 15) is 5.26 Å². The normalized spacial score (nSPS) is 11.5. The van der Waals surface area contributed by atoms with Gasteiger partial charge in [-0.25, -0.2) is 0 Å². The molecule has 9 aromatic rings. The SMILES string of the molecule is N#Cc1ccccc1-n1c2ccccc2c2cccc(-c3cccc4c5ccc(-c6ccccc6)cc5n(-c5ccccc5)c34)c21. The van der Waals surface area contributed by atoms with Crippen LogP contribution in [0.2, 0.25) is 0 Å². The van der Waals surface area contributed by atoms with E-state index >= 15 is 0 Å². The number of nitrogens with zero attached hydrogens (tertiary/aromatic N) is 3. The van der Waals surface area contributed by atoms with Crippen LogP contribution in [0, 0.1) is 11.3 Å². The second kappa shape index (κ2) is 10.4. The zero-order chi connectivity index (χ0) is 30.6. The zero-order valence-corrected chi connectivity index (χ0v) is 24.9. The average Bonchev–Trinajstić information content (AvgIpc) is 3.65. The molecule has 2 aromatic heterocycles. The second-order valence-electron chi connectivity index (χ2n) is 11.7. The molecular formula is C43H27N3. The zero-order valence-electron chi connectivity index (χ0n) is 24.9. The minimum absolute atomic E-state index is 0.644. The molecule has 46 heavy (non-hydrogen) atoms. The Morgan fingerprint density at radius 1 is 0.413 bits per heavy atom. The minimum atomic E-state index is 0.644. The number of fused-ring (bicyclic) bond motifs is 6. The third kappa shape index (κ3) is 3.84. The molecule has 0 fully saturated rings. The second-order valence-corrected chi connectivity index (χ2v) is 11.7. The summed E-state index contributed by atoms with van der Waals surface area (Å²) in [5.74, 6) is 0. The van der Waals surface area contributed by atoms with E-state index in [2.05, 4.69) is 155 Å². The van der Waals surface area contributed by atoms with Gasteiger partial charge in [-0.15, -0.1) is 0 Å². The van der Waals surface area contributed by atoms with Gasteiger partial charge >= 0.3 is 0 Å². The van der Waals surface area contributed by atoms with Crippen LogP contribution in [0.5, 0.6) is 0 Å². The first-order valence-corrected chi connectivity index (χ1v) is 15.5. The smallest absolute Gasteiger partial charge is 0.101 e. The molecule has 214 valence electrons. The molecular weight excluding hydrogens is 558 g/mol. The molecule has 2 heterocycles. The predicted octanol–water partition coefficient (Wildman–Crippen LogP) is 11.1. The summed E-state index contributed by atoms with van der Waals surface area (Å²) in [6.07, 6.45) is 0. The van der Waals surface area contributed by atoms with E-state index in [-0.39, 0.29) is 0 Å². The van der Waals surface area contributed by atoms with Gasteiger partial charge in [-0.3, -0.25) is 0 Å². The lowest BCUT2D eigenvalue weighted by atomic mass is 9.98. The van der Waals surface area contributed by atoms with Crippen molar-refractivity contribution in [1.29, 1.82) is 5.26 Å². The van der Waals surface area contributed by atoms with Gasteiger partial charge in [-0.05, 0) is 47.5 Å². The molecule has 0 aliphatic heterocycles. The van der Waals surface area contributed by atoms with Gasteiger partial charge in [0.1, 0.15) is 6.07 Å². The third-order valence-corrected chi connectivity index (χ3v) is 9.16. The fraction of sp³-hybridized carbons (Fsp3) is 0. The van der Waals surface area contributed by atoms with Crippen LogP contribution >= 0.6 is 0 Å². The first-order valence-electron chi connectivity index (χ1n) is 15.5. The van der Waals surface area contributed by atoms with E-state index in [0.717, 1.165) is 55.3 Å². The Kier molecular flexibility index (Phi) is 5.88. The minimum Gasteiger partial charge on any atom is -0.309 e. The summed E-state index contributed by atoms with van der Waals surface area (Å²) in [5, 5.41) is 14.9. The molecule has 7 aromatic carbocycles. The molecule has 0 atom stereocenters. The molecule has 0 aliphatic rings. The van der Waals surface area contributed by atoms with Gasteiger partial charge in [0.05, 0.1) is 33.3 Å². The van der Waals surface area contributed by atoms with E-state index in [1.165, 1.54) is 21.9 Å². The van der Waals surface area contributed by atoms with E-state index in [1.54, 1.807) is 0 Å². The quantitative estimate of drug-likeness (QED) is 0.202. The molecule has 0 unspecified atom stereocenters. The van der Waals surface area contributed by atoms with Crippen molar-refractivity contribution < 1.29 is 0 Å². The summed E-state index contributed by atoms with van der Waals surface area (Å²) in [7, 11) is 0. The predicted molar refractivity (Wildman–Crippen MR) is 191 cm³/mol. The topological polar surface area (TPSA) is 33.6 Å². The van der Waals surface area contributed by atoms with Crippen LogP contribution in [-0.2, 0) is 0 Å². The van der Waals surface area contributed by atoms with Crippen molar-refractivity contribution in [3.63, 3.8) is 0 Å². The standard InChI is InChI=1S/C43H27N3/c44-28-31-15-7-9-23-39(31)46-40-24-10-8-18-33(40)35-19-11-22-38(43(35)46)37-21-12-20-36-34-26-25-30(29-13-3-1-4-14-29)27-41(34)45(42(36)37)32-16-5-2-6-17-32/h1-27H. The first kappa shape index (κ1) is 26.1. The van der Waals surface area contributed by atoms with E-state index in [1.807, 2.05) is 24.3 Å². The fourth-order valence-corrected chi connectivity index (χ4v) is 7.19. The lowest BCUT2D eigenvalue weighted by Crippen LogP contribution is -1.99. The lowest BCUT2D eigenvalue weighted by molar-refractivity contribution is 1.16. The average molecular weight is 586 g/mol. The summed E-state index contributed by atoms with van der Waals surface area (Å²) >= 11 is 0. The molecule has 0 saturated carbocycles. The summed E-state index contributed by atoms with van der Waals surface area (Å²) < 4.78 is 4.70. The van der Waals surface area contributed by atoms with Crippen molar-refractivity contribution >= 4 is 43.6 Å². The summed E-state index contributed by atoms with van der Waals surface area (Å²) in [6, 6.07) is 60.1. The van der Waals surface area contributed by atoms with Crippen molar-refractivity contribution in [2.24, 2.45) is 0 Å². The Hall–Kier alpha value is -6.37. The highest BCUT2D eigenvalue weighted by atomic mass is 15.0. The Labute approximate surface area is 266 Å². The largest absolute Gasteiger partial charge is 0.309 e. The Bertz CT molecular complexity index is 2630. The molecule has 0 spiro atoms. The van der Waals surface area contributed by atoms with Crippen LogP contribution in [0.25, 0.3) is 77.2 Å². The van der Waals surface area contributed by atoms with Crippen molar-refractivity contribution in [2.75, 3.05) is 0 Å². The van der Waals surface area contributed by atoms with Gasteiger partial charge in [0.15, 0.2) is 0 Å². The molecule has 0 radical (unpaired) electrons. The van der Waals surface area contributed by atoms with Gasteiger partial charge in [-0.2, -0.15) is 5.26 Å². The van der Waals surface area contributed by atoms with Gasteiger partial charge in [-0.1, -0.05) is 127 Å². The van der Waals surface area contributed by atoms with Crippen LogP contribution in [0.15, 0.2) is 164 Å². The molecule has 9 rings (SSSR count). The summed E-state index contributed by atoms with van der Waals surface area (Å²) in [4.78, 5) is 0. The van der Waals surface area contributed by atoms with E-state index in [0.29, 0.717) is 5.56 Å². The van der Waals surface area contributed by atoms with Crippen molar-refractivity contribution in [1.82, 2.24) is 9.13 Å². The number of para-hydroxylation sites is 5. The Balaban J connectivity index is 1.44. The molecule has 3 heteroatoms. The highest BCUT2D eigenvalue weighted by Crippen LogP contribution is 2.44. The summed E-state index contributed by atoms with van der Waals surface area (Å²) in [6.45, 7) is 0. The molecule has 3 nitrogen and oxygen atoms in total. The maximum atomic E-state index is 10.2. The number of hydrogen-bond donors (Lipinski definition) is 0. The Morgan fingerprint density at radius 3 is 1.74 bits per heavy atom. The maximum Gasteiger partial charge on any atom is 0.101 e. The number of benzene rings is 7. The van der Waals surface area contributed by atoms with Crippen molar-refractivity contribution in [3.05, 3.63) is 169 Å². The molecule has 0 aliphatic carbocycles. The highest BCUT2D eigenvalue weighted by molar-refractivity contribution is 6.19. The number of nitriles is 1. The van der Waals surface area contributed by atoms with E-state index < -0.39 is 0 Å². The van der Waals surface area contributed by atoms with E-state index in [4.69, 9.17) is 0 Å². The molecule has 0 N–H and O–H groups in total. The van der Waals surface area contributed by atoms with Crippen molar-refractivity contribution in [2.45, 2.75) is 0 Å². The van der Waals surface area contributed by atoms with Gasteiger partial charge in [0, 0.05) is 38.4 Å².